The Morgan fingerprint density at radius 1 is 1.22 bits per heavy atom. The van der Waals surface area contributed by atoms with Crippen LogP contribution in [-0.4, -0.2) is 25.1 Å². The second-order valence-corrected chi connectivity index (χ2v) is 7.00. The van der Waals surface area contributed by atoms with Gasteiger partial charge in [0.2, 0.25) is 0 Å². The minimum Gasteiger partial charge on any atom is -0.408 e. The molecule has 0 saturated carbocycles. The van der Waals surface area contributed by atoms with E-state index in [1.165, 1.54) is 23.3 Å². The Morgan fingerprint density at radius 3 is 2.78 bits per heavy atom. The van der Waals surface area contributed by atoms with Crippen molar-refractivity contribution < 1.29 is 9.53 Å². The van der Waals surface area contributed by atoms with Crippen molar-refractivity contribution >= 4 is 33.6 Å². The number of amides is 1. The molecule has 2 aromatic rings. The zero-order chi connectivity index (χ0) is 16.2. The number of rotatable bonds is 3. The molecule has 0 N–H and O–H groups in total. The Morgan fingerprint density at radius 2 is 2.04 bits per heavy atom. The summed E-state index contributed by atoms with van der Waals surface area (Å²) in [6, 6.07) is 8.04. The molecule has 1 aliphatic carbocycles. The summed E-state index contributed by atoms with van der Waals surface area (Å²) < 4.78 is 6.76. The number of fused-ring (bicyclic) bond motifs is 1. The molecule has 0 atom stereocenters. The fraction of sp³-hybridized carbons (Fsp3) is 0.316. The molecule has 3 rings (SSSR count). The lowest BCUT2D eigenvalue weighted by Gasteiger charge is -2.11. The number of thiophene rings is 1. The average Bonchev–Trinajstić information content (AvgIpc) is 2.91. The largest absolute Gasteiger partial charge is 0.414 e. The number of allylic oxidation sites excluding steroid dienone is 3. The van der Waals surface area contributed by atoms with Gasteiger partial charge in [-0.2, -0.15) is 0 Å². The maximum atomic E-state index is 12.0. The highest BCUT2D eigenvalue weighted by Crippen LogP contribution is 2.39. The zero-order valence-electron chi connectivity index (χ0n) is 13.5. The summed E-state index contributed by atoms with van der Waals surface area (Å²) in [7, 11) is 3.39. The van der Waals surface area contributed by atoms with Crippen LogP contribution in [0.25, 0.3) is 16.2 Å². The number of nitrogens with zero attached hydrogens (tertiary/aromatic N) is 1. The van der Waals surface area contributed by atoms with E-state index in [0.29, 0.717) is 5.75 Å². The van der Waals surface area contributed by atoms with E-state index >= 15 is 0 Å². The second kappa shape index (κ2) is 7.01. The molecule has 0 radical (unpaired) electrons. The molecule has 0 bridgehead atoms. The Bertz CT molecular complexity index is 771. The lowest BCUT2D eigenvalue weighted by atomic mass is 9.99. The maximum Gasteiger partial charge on any atom is 0.414 e. The van der Waals surface area contributed by atoms with Crippen molar-refractivity contribution in [2.24, 2.45) is 0 Å². The predicted molar refractivity (Wildman–Crippen MR) is 97.1 cm³/mol. The molecule has 0 saturated heterocycles. The van der Waals surface area contributed by atoms with Crippen LogP contribution in [0.1, 0.15) is 30.6 Å². The van der Waals surface area contributed by atoms with Gasteiger partial charge in [0.15, 0.2) is 5.75 Å². The van der Waals surface area contributed by atoms with E-state index in [9.17, 15) is 4.79 Å². The monoisotopic (exact) mass is 327 g/mol. The van der Waals surface area contributed by atoms with E-state index in [0.717, 1.165) is 27.8 Å². The summed E-state index contributed by atoms with van der Waals surface area (Å²) in [6.45, 7) is 0. The predicted octanol–water partition coefficient (Wildman–Crippen LogP) is 5.48. The van der Waals surface area contributed by atoms with Crippen LogP contribution in [0.3, 0.4) is 0 Å². The van der Waals surface area contributed by atoms with Gasteiger partial charge in [-0.1, -0.05) is 29.9 Å². The van der Waals surface area contributed by atoms with E-state index in [4.69, 9.17) is 4.74 Å². The van der Waals surface area contributed by atoms with Gasteiger partial charge in [-0.25, -0.2) is 4.79 Å². The summed E-state index contributed by atoms with van der Waals surface area (Å²) in [6.07, 6.45) is 11.0. The quantitative estimate of drug-likeness (QED) is 0.747. The maximum absolute atomic E-state index is 12.0. The summed E-state index contributed by atoms with van der Waals surface area (Å²) in [5, 5.41) is 0.991. The molecule has 23 heavy (non-hydrogen) atoms. The highest BCUT2D eigenvalue weighted by molar-refractivity contribution is 7.20. The summed E-state index contributed by atoms with van der Waals surface area (Å²) in [5.41, 5.74) is 1.37. The number of carbonyl (C=O) groups excluding carboxylic acids is 1. The number of carbonyl (C=O) groups is 1. The Kier molecular flexibility index (Phi) is 4.82. The Balaban J connectivity index is 1.96. The zero-order valence-corrected chi connectivity index (χ0v) is 14.4. The van der Waals surface area contributed by atoms with Crippen LogP contribution in [0.15, 0.2) is 42.0 Å². The number of benzene rings is 1. The SMILES string of the molecule is CN(C)C(=O)Oc1c(/C=C/C2=CCCCC2)sc2ccccc12. The first-order valence-electron chi connectivity index (χ1n) is 7.93. The van der Waals surface area contributed by atoms with Crippen LogP contribution in [0.5, 0.6) is 5.75 Å². The van der Waals surface area contributed by atoms with Gasteiger partial charge in [0, 0.05) is 24.2 Å². The van der Waals surface area contributed by atoms with Crippen LogP contribution in [0.4, 0.5) is 4.79 Å². The minimum atomic E-state index is -0.347. The van der Waals surface area contributed by atoms with E-state index in [1.807, 2.05) is 18.2 Å². The average molecular weight is 327 g/mol. The Labute approximate surface area is 140 Å². The third-order valence-electron chi connectivity index (χ3n) is 3.90. The van der Waals surface area contributed by atoms with Gasteiger partial charge in [0.25, 0.3) is 0 Å². The Hall–Kier alpha value is -2.07. The molecule has 0 aliphatic heterocycles. The van der Waals surface area contributed by atoms with Crippen LogP contribution >= 0.6 is 11.3 Å². The number of hydrogen-bond donors (Lipinski definition) is 0. The molecule has 1 aromatic heterocycles. The lowest BCUT2D eigenvalue weighted by molar-refractivity contribution is 0.172. The lowest BCUT2D eigenvalue weighted by Crippen LogP contribution is -2.25. The first kappa shape index (κ1) is 15.8. The van der Waals surface area contributed by atoms with Crippen molar-refractivity contribution in [3.8, 4) is 5.75 Å². The molecule has 0 fully saturated rings. The molecule has 3 nitrogen and oxygen atoms in total. The molecule has 1 aromatic carbocycles. The molecule has 1 aliphatic rings. The first-order chi connectivity index (χ1) is 11.1. The summed E-state index contributed by atoms with van der Waals surface area (Å²) in [5.74, 6) is 0.664. The van der Waals surface area contributed by atoms with Crippen molar-refractivity contribution in [2.45, 2.75) is 25.7 Å². The van der Waals surface area contributed by atoms with Crippen LogP contribution in [0.2, 0.25) is 0 Å². The smallest absolute Gasteiger partial charge is 0.408 e. The van der Waals surface area contributed by atoms with Crippen molar-refractivity contribution in [1.29, 1.82) is 0 Å². The van der Waals surface area contributed by atoms with E-state index < -0.39 is 0 Å². The van der Waals surface area contributed by atoms with Crippen LogP contribution < -0.4 is 4.74 Å². The molecule has 1 heterocycles. The number of ether oxygens (including phenoxy) is 1. The van der Waals surface area contributed by atoms with Gasteiger partial charge in [-0.3, -0.25) is 0 Å². The van der Waals surface area contributed by atoms with Crippen molar-refractivity contribution in [1.82, 2.24) is 4.90 Å². The normalized spacial score (nSPS) is 15.0. The van der Waals surface area contributed by atoms with Gasteiger partial charge in [0.05, 0.1) is 4.88 Å². The standard InChI is InChI=1S/C19H21NO2S/c1-20(2)19(21)22-18-15-10-6-7-11-16(15)23-17(18)13-12-14-8-4-3-5-9-14/h6-8,10-13H,3-5,9H2,1-2H3/b13-12+. The van der Waals surface area contributed by atoms with Gasteiger partial charge in [-0.05, 0) is 43.9 Å². The molecular weight excluding hydrogens is 306 g/mol. The van der Waals surface area contributed by atoms with E-state index in [2.05, 4.69) is 24.3 Å². The highest BCUT2D eigenvalue weighted by atomic mass is 32.1. The summed E-state index contributed by atoms with van der Waals surface area (Å²) in [4.78, 5) is 14.4. The van der Waals surface area contributed by atoms with E-state index in [1.54, 1.807) is 25.4 Å². The van der Waals surface area contributed by atoms with Crippen molar-refractivity contribution in [3.63, 3.8) is 0 Å². The topological polar surface area (TPSA) is 29.5 Å². The van der Waals surface area contributed by atoms with Gasteiger partial charge in [-0.15, -0.1) is 11.3 Å². The van der Waals surface area contributed by atoms with Crippen molar-refractivity contribution in [2.75, 3.05) is 14.1 Å². The van der Waals surface area contributed by atoms with Crippen LogP contribution in [0, 0.1) is 0 Å². The van der Waals surface area contributed by atoms with Crippen LogP contribution in [-0.2, 0) is 0 Å². The summed E-state index contributed by atoms with van der Waals surface area (Å²) >= 11 is 1.66. The van der Waals surface area contributed by atoms with Crippen molar-refractivity contribution in [3.05, 3.63) is 46.9 Å². The number of hydrogen-bond acceptors (Lipinski definition) is 3. The van der Waals surface area contributed by atoms with Gasteiger partial charge in [0.1, 0.15) is 0 Å². The van der Waals surface area contributed by atoms with Gasteiger partial charge >= 0.3 is 6.09 Å². The fourth-order valence-corrected chi connectivity index (χ4v) is 3.67. The molecule has 0 spiro atoms. The molecule has 0 unspecified atom stereocenters. The van der Waals surface area contributed by atoms with Gasteiger partial charge < -0.3 is 9.64 Å². The molecule has 4 heteroatoms. The highest BCUT2D eigenvalue weighted by Gasteiger charge is 2.16. The third-order valence-corrected chi connectivity index (χ3v) is 5.02. The first-order valence-corrected chi connectivity index (χ1v) is 8.74. The fourth-order valence-electron chi connectivity index (χ4n) is 2.63. The molecule has 120 valence electrons. The molecule has 1 amide bonds. The minimum absolute atomic E-state index is 0.347. The second-order valence-electron chi connectivity index (χ2n) is 5.91. The third kappa shape index (κ3) is 3.64. The van der Waals surface area contributed by atoms with E-state index in [-0.39, 0.29) is 6.09 Å². The molecular formula is C19H21NO2S.